The summed E-state index contributed by atoms with van der Waals surface area (Å²) in [5.41, 5.74) is 1.47. The third-order valence-electron chi connectivity index (χ3n) is 3.96. The van der Waals surface area contributed by atoms with Crippen LogP contribution in [-0.2, 0) is 16.7 Å². The van der Waals surface area contributed by atoms with E-state index in [2.05, 4.69) is 12.2 Å². The van der Waals surface area contributed by atoms with Crippen LogP contribution in [-0.4, -0.2) is 39.3 Å². The summed E-state index contributed by atoms with van der Waals surface area (Å²) in [4.78, 5) is 14.5. The molecule has 152 valence electrons. The van der Waals surface area contributed by atoms with Crippen molar-refractivity contribution in [3.05, 3.63) is 54.1 Å². The minimum atomic E-state index is -3.57. The molecule has 0 saturated heterocycles. The number of nitrogens with zero attached hydrogens (tertiary/aromatic N) is 1. The number of carbonyl (C=O) groups is 1. The van der Waals surface area contributed by atoms with Crippen molar-refractivity contribution < 1.29 is 22.1 Å². The molecule has 0 aliphatic rings. The number of carbonyl (C=O) groups excluding carboxylic acids is 1. The van der Waals surface area contributed by atoms with Crippen LogP contribution in [0.15, 0.2) is 48.5 Å². The molecule has 8 heteroatoms. The van der Waals surface area contributed by atoms with Crippen molar-refractivity contribution in [1.29, 1.82) is 0 Å². The molecule has 2 amide bonds. The first-order chi connectivity index (χ1) is 13.3. The molecule has 0 aliphatic carbocycles. The third kappa shape index (κ3) is 6.77. The lowest BCUT2D eigenvalue weighted by Gasteiger charge is -2.24. The van der Waals surface area contributed by atoms with E-state index in [1.54, 1.807) is 48.4 Å². The Morgan fingerprint density at radius 2 is 1.79 bits per heavy atom. The van der Waals surface area contributed by atoms with Gasteiger partial charge in [0.2, 0.25) is 0 Å². The fourth-order valence-electron chi connectivity index (χ4n) is 2.59. The highest BCUT2D eigenvalue weighted by atomic mass is 32.2. The first-order valence-corrected chi connectivity index (χ1v) is 10.8. The summed E-state index contributed by atoms with van der Waals surface area (Å²) >= 11 is 0. The Kier molecular flexibility index (Phi) is 7.69. The molecule has 0 aromatic heterocycles. The Morgan fingerprint density at radius 3 is 2.39 bits per heavy atom. The van der Waals surface area contributed by atoms with Crippen molar-refractivity contribution >= 4 is 21.8 Å². The maximum atomic E-state index is 12.8. The van der Waals surface area contributed by atoms with Gasteiger partial charge < -0.3 is 19.1 Å². The van der Waals surface area contributed by atoms with E-state index in [4.69, 9.17) is 8.92 Å². The van der Waals surface area contributed by atoms with Gasteiger partial charge in [-0.1, -0.05) is 37.6 Å². The van der Waals surface area contributed by atoms with Crippen LogP contribution in [0.3, 0.4) is 0 Å². The molecule has 2 aromatic rings. The first-order valence-electron chi connectivity index (χ1n) is 8.99. The maximum absolute atomic E-state index is 12.8. The molecule has 2 rings (SSSR count). The molecule has 28 heavy (non-hydrogen) atoms. The van der Waals surface area contributed by atoms with E-state index in [0.29, 0.717) is 24.5 Å². The van der Waals surface area contributed by atoms with Crippen molar-refractivity contribution in [3.63, 3.8) is 0 Å². The number of unbranched alkanes of at least 4 members (excludes halogenated alkanes) is 1. The van der Waals surface area contributed by atoms with Gasteiger partial charge in [-0.25, -0.2) is 4.79 Å². The van der Waals surface area contributed by atoms with Crippen LogP contribution >= 0.6 is 0 Å². The Bertz CT molecular complexity index is 882. The summed E-state index contributed by atoms with van der Waals surface area (Å²) in [6, 6.07) is 13.6. The van der Waals surface area contributed by atoms with E-state index in [-0.39, 0.29) is 11.8 Å². The Hall–Kier alpha value is -2.74. The second-order valence-corrected chi connectivity index (χ2v) is 7.91. The SMILES string of the molecule is CCCCN(Cc1ccc(OS(C)(=O)=O)cc1)C(=O)Nc1ccccc1OC. The second-order valence-electron chi connectivity index (χ2n) is 6.34. The van der Waals surface area contributed by atoms with Crippen LogP contribution < -0.4 is 14.2 Å². The molecule has 0 fully saturated rings. The Balaban J connectivity index is 2.11. The maximum Gasteiger partial charge on any atom is 0.322 e. The number of rotatable bonds is 9. The fourth-order valence-corrected chi connectivity index (χ4v) is 3.05. The number of methoxy groups -OCH3 is 1. The van der Waals surface area contributed by atoms with Gasteiger partial charge in [0, 0.05) is 13.1 Å². The largest absolute Gasteiger partial charge is 0.495 e. The fraction of sp³-hybridized carbons (Fsp3) is 0.350. The lowest BCUT2D eigenvalue weighted by atomic mass is 10.2. The summed E-state index contributed by atoms with van der Waals surface area (Å²) in [5.74, 6) is 0.832. The highest BCUT2D eigenvalue weighted by Crippen LogP contribution is 2.24. The van der Waals surface area contributed by atoms with Crippen LogP contribution in [0.4, 0.5) is 10.5 Å². The topological polar surface area (TPSA) is 84.9 Å². The number of hydrogen-bond acceptors (Lipinski definition) is 5. The van der Waals surface area contributed by atoms with E-state index in [1.807, 2.05) is 12.1 Å². The number of amides is 2. The van der Waals surface area contributed by atoms with Crippen LogP contribution in [0.5, 0.6) is 11.5 Å². The first kappa shape index (κ1) is 21.6. The zero-order valence-corrected chi connectivity index (χ0v) is 17.2. The minimum absolute atomic E-state index is 0.227. The minimum Gasteiger partial charge on any atom is -0.495 e. The van der Waals surface area contributed by atoms with Crippen molar-refractivity contribution in [1.82, 2.24) is 4.90 Å². The van der Waals surface area contributed by atoms with Crippen LogP contribution in [0, 0.1) is 0 Å². The van der Waals surface area contributed by atoms with E-state index >= 15 is 0 Å². The number of urea groups is 1. The monoisotopic (exact) mass is 406 g/mol. The van der Waals surface area contributed by atoms with Crippen molar-refractivity contribution in [2.24, 2.45) is 0 Å². The van der Waals surface area contributed by atoms with Gasteiger partial charge >= 0.3 is 16.1 Å². The molecule has 0 spiro atoms. The van der Waals surface area contributed by atoms with Crippen LogP contribution in [0.2, 0.25) is 0 Å². The van der Waals surface area contributed by atoms with Crippen molar-refractivity contribution in [3.8, 4) is 11.5 Å². The second kappa shape index (κ2) is 9.98. The van der Waals surface area contributed by atoms with Gasteiger partial charge in [0.15, 0.2) is 0 Å². The van der Waals surface area contributed by atoms with Gasteiger partial charge in [0.25, 0.3) is 0 Å². The smallest absolute Gasteiger partial charge is 0.322 e. The van der Waals surface area contributed by atoms with E-state index in [0.717, 1.165) is 24.7 Å². The van der Waals surface area contributed by atoms with E-state index in [9.17, 15) is 13.2 Å². The number of hydrogen-bond donors (Lipinski definition) is 1. The number of benzene rings is 2. The molecule has 0 unspecified atom stereocenters. The molecule has 0 atom stereocenters. The van der Waals surface area contributed by atoms with Crippen molar-refractivity contribution in [2.45, 2.75) is 26.3 Å². The average Bonchev–Trinajstić information content (AvgIpc) is 2.65. The molecule has 0 heterocycles. The summed E-state index contributed by atoms with van der Waals surface area (Å²) in [7, 11) is -2.01. The normalized spacial score (nSPS) is 11.0. The predicted molar refractivity (Wildman–Crippen MR) is 109 cm³/mol. The van der Waals surface area contributed by atoms with Gasteiger partial charge in [-0.05, 0) is 36.2 Å². The Labute approximate surface area is 166 Å². The summed E-state index contributed by atoms with van der Waals surface area (Å²) in [5, 5.41) is 2.89. The lowest BCUT2D eigenvalue weighted by Crippen LogP contribution is -2.35. The molecule has 0 bridgehead atoms. The van der Waals surface area contributed by atoms with Crippen LogP contribution in [0.1, 0.15) is 25.3 Å². The van der Waals surface area contributed by atoms with Gasteiger partial charge in [-0.2, -0.15) is 8.42 Å². The highest BCUT2D eigenvalue weighted by Gasteiger charge is 2.16. The summed E-state index contributed by atoms with van der Waals surface area (Å²) in [6.45, 7) is 3.05. The number of nitrogens with one attached hydrogen (secondary N) is 1. The highest BCUT2D eigenvalue weighted by molar-refractivity contribution is 7.86. The average molecular weight is 407 g/mol. The van der Waals surface area contributed by atoms with Gasteiger partial charge in [0.05, 0.1) is 19.1 Å². The third-order valence-corrected chi connectivity index (χ3v) is 4.46. The quantitative estimate of drug-likeness (QED) is 0.639. The molecule has 0 radical (unpaired) electrons. The standard InChI is InChI=1S/C20H26N2O5S/c1-4-5-14-22(20(23)21-18-8-6-7-9-19(18)26-2)15-16-10-12-17(13-11-16)27-28(3,24)25/h6-13H,4-5,14-15H2,1-3H3,(H,21,23). The van der Waals surface area contributed by atoms with Gasteiger partial charge in [0.1, 0.15) is 11.5 Å². The zero-order valence-electron chi connectivity index (χ0n) is 16.3. The van der Waals surface area contributed by atoms with Gasteiger partial charge in [-0.15, -0.1) is 0 Å². The molecule has 1 N–H and O–H groups in total. The summed E-state index contributed by atoms with van der Waals surface area (Å²) < 4.78 is 32.5. The molecular formula is C20H26N2O5S. The van der Waals surface area contributed by atoms with E-state index in [1.165, 1.54) is 0 Å². The molecular weight excluding hydrogens is 380 g/mol. The molecule has 0 aliphatic heterocycles. The molecule has 2 aromatic carbocycles. The number of anilines is 1. The Morgan fingerprint density at radius 1 is 1.11 bits per heavy atom. The zero-order chi connectivity index (χ0) is 20.6. The molecule has 7 nitrogen and oxygen atoms in total. The lowest BCUT2D eigenvalue weighted by molar-refractivity contribution is 0.208. The predicted octanol–water partition coefficient (Wildman–Crippen LogP) is 3.87. The molecule has 0 saturated carbocycles. The number of ether oxygens (including phenoxy) is 1. The van der Waals surface area contributed by atoms with Gasteiger partial charge in [-0.3, -0.25) is 0 Å². The van der Waals surface area contributed by atoms with Crippen LogP contribution in [0.25, 0.3) is 0 Å². The number of para-hydroxylation sites is 2. The van der Waals surface area contributed by atoms with E-state index < -0.39 is 10.1 Å². The summed E-state index contributed by atoms with van der Waals surface area (Å²) in [6.07, 6.45) is 2.82. The van der Waals surface area contributed by atoms with Crippen molar-refractivity contribution in [2.75, 3.05) is 25.2 Å².